The van der Waals surface area contributed by atoms with Crippen LogP contribution in [0.4, 0.5) is 4.79 Å². The van der Waals surface area contributed by atoms with Crippen molar-refractivity contribution in [3.8, 4) is 0 Å². The number of rotatable bonds is 4. The van der Waals surface area contributed by atoms with E-state index in [-0.39, 0.29) is 0 Å². The number of carbonyl (C=O) groups is 2. The predicted octanol–water partition coefficient (Wildman–Crippen LogP) is 1.33. The molecule has 3 amide bonds. The molecule has 0 atom stereocenters. The van der Waals surface area contributed by atoms with Gasteiger partial charge in [-0.15, -0.1) is 0 Å². The van der Waals surface area contributed by atoms with Crippen LogP contribution in [-0.4, -0.2) is 54.0 Å². The topological polar surface area (TPSA) is 53.0 Å². The van der Waals surface area contributed by atoms with Crippen molar-refractivity contribution in [3.63, 3.8) is 0 Å². The van der Waals surface area contributed by atoms with Gasteiger partial charge < -0.3 is 4.90 Å². The van der Waals surface area contributed by atoms with Gasteiger partial charge in [-0.05, 0) is 13.3 Å². The lowest BCUT2D eigenvalue weighted by Gasteiger charge is -2.14. The highest BCUT2D eigenvalue weighted by Crippen LogP contribution is 1.96. The van der Waals surface area contributed by atoms with Gasteiger partial charge in [0.2, 0.25) is 6.41 Å². The highest BCUT2D eigenvalue weighted by molar-refractivity contribution is 9.09. The third-order valence-corrected chi connectivity index (χ3v) is 2.37. The molecule has 6 heteroatoms. The summed E-state index contributed by atoms with van der Waals surface area (Å²) in [5.74, 6) is 0.575. The largest absolute Gasteiger partial charge is 0.366 e. The van der Waals surface area contributed by atoms with Crippen molar-refractivity contribution >= 4 is 34.2 Å². The highest BCUT2D eigenvalue weighted by Gasteiger charge is 2.11. The molecular formula is C9H16BrN3O2. The van der Waals surface area contributed by atoms with Crippen LogP contribution in [0.15, 0.2) is 4.99 Å². The Morgan fingerprint density at radius 3 is 2.47 bits per heavy atom. The molecule has 0 N–H and O–H groups in total. The smallest absolute Gasteiger partial charge is 0.351 e. The molecule has 0 spiro atoms. The fourth-order valence-electron chi connectivity index (χ4n) is 0.726. The van der Waals surface area contributed by atoms with Crippen LogP contribution in [0.5, 0.6) is 0 Å². The van der Waals surface area contributed by atoms with Gasteiger partial charge in [-0.2, -0.15) is 4.99 Å². The number of alkyl halides is 1. The maximum Gasteiger partial charge on any atom is 0.351 e. The summed E-state index contributed by atoms with van der Waals surface area (Å²) in [5, 5.41) is 0.751. The summed E-state index contributed by atoms with van der Waals surface area (Å²) in [6.07, 6.45) is 1.23. The molecule has 86 valence electrons. The molecule has 0 aromatic heterocycles. The van der Waals surface area contributed by atoms with Gasteiger partial charge >= 0.3 is 6.03 Å². The fraction of sp³-hybridized carbons (Fsp3) is 0.667. The zero-order valence-electron chi connectivity index (χ0n) is 9.23. The van der Waals surface area contributed by atoms with E-state index in [1.165, 1.54) is 0 Å². The number of hydrogen-bond acceptors (Lipinski definition) is 2. The Hall–Kier alpha value is -0.910. The number of amidine groups is 1. The van der Waals surface area contributed by atoms with Crippen molar-refractivity contribution in [2.75, 3.05) is 26.0 Å². The summed E-state index contributed by atoms with van der Waals surface area (Å²) < 4.78 is 0. The van der Waals surface area contributed by atoms with Gasteiger partial charge in [0, 0.05) is 26.0 Å². The molecule has 15 heavy (non-hydrogen) atoms. The van der Waals surface area contributed by atoms with Crippen molar-refractivity contribution in [3.05, 3.63) is 0 Å². The second kappa shape index (κ2) is 7.39. The molecule has 0 radical (unpaired) electrons. The number of urea groups is 1. The van der Waals surface area contributed by atoms with Gasteiger partial charge in [-0.1, -0.05) is 15.9 Å². The number of carbonyl (C=O) groups excluding carboxylic acids is 2. The molecule has 0 unspecified atom stereocenters. The van der Waals surface area contributed by atoms with Crippen LogP contribution in [0.3, 0.4) is 0 Å². The van der Waals surface area contributed by atoms with Crippen LogP contribution in [0.25, 0.3) is 0 Å². The Labute approximate surface area is 98.3 Å². The molecule has 0 aliphatic heterocycles. The first-order valence-corrected chi connectivity index (χ1v) is 5.69. The molecule has 5 nitrogen and oxygen atoms in total. The average Bonchev–Trinajstić information content (AvgIpc) is 2.18. The number of hydrogen-bond donors (Lipinski definition) is 0. The van der Waals surface area contributed by atoms with Gasteiger partial charge in [-0.25, -0.2) is 4.79 Å². The van der Waals surface area contributed by atoms with E-state index in [1.54, 1.807) is 25.9 Å². The zero-order chi connectivity index (χ0) is 11.8. The first kappa shape index (κ1) is 14.1. The van der Waals surface area contributed by atoms with Gasteiger partial charge in [0.15, 0.2) is 0 Å². The second-order valence-corrected chi connectivity index (χ2v) is 3.97. The van der Waals surface area contributed by atoms with E-state index in [0.29, 0.717) is 18.8 Å². The molecule has 0 aliphatic carbocycles. The van der Waals surface area contributed by atoms with E-state index >= 15 is 0 Å². The third kappa shape index (κ3) is 5.51. The molecule has 0 rings (SSSR count). The lowest BCUT2D eigenvalue weighted by Crippen LogP contribution is -2.30. The number of aliphatic imine (C=N–C) groups is 1. The van der Waals surface area contributed by atoms with Crippen molar-refractivity contribution in [2.24, 2.45) is 4.99 Å². The minimum atomic E-state index is -0.517. The van der Waals surface area contributed by atoms with Crippen molar-refractivity contribution in [2.45, 2.75) is 13.3 Å². The Balaban J connectivity index is 4.39. The Bertz CT molecular complexity index is 254. The minimum Gasteiger partial charge on any atom is -0.366 e. The monoisotopic (exact) mass is 277 g/mol. The summed E-state index contributed by atoms with van der Waals surface area (Å²) in [4.78, 5) is 28.6. The third-order valence-electron chi connectivity index (χ3n) is 1.81. The van der Waals surface area contributed by atoms with Crippen LogP contribution in [0, 0.1) is 0 Å². The summed E-state index contributed by atoms with van der Waals surface area (Å²) in [6, 6.07) is -0.517. The molecule has 0 fully saturated rings. The van der Waals surface area contributed by atoms with Gasteiger partial charge in [0.25, 0.3) is 0 Å². The Morgan fingerprint density at radius 2 is 2.07 bits per heavy atom. The Morgan fingerprint density at radius 1 is 1.47 bits per heavy atom. The molecule has 0 aromatic carbocycles. The first-order chi connectivity index (χ1) is 7.02. The van der Waals surface area contributed by atoms with E-state index in [2.05, 4.69) is 20.9 Å². The standard InChI is InChI=1S/C9H16BrN3O2/c1-8(12(2)3)11-9(15)13(7-14)6-4-5-10/h7H,4-6H2,1-3H3. The first-order valence-electron chi connectivity index (χ1n) is 4.57. The van der Waals surface area contributed by atoms with Gasteiger partial charge in [-0.3, -0.25) is 9.69 Å². The lowest BCUT2D eigenvalue weighted by molar-refractivity contribution is -0.115. The van der Waals surface area contributed by atoms with E-state index in [0.717, 1.165) is 16.7 Å². The van der Waals surface area contributed by atoms with Crippen molar-refractivity contribution in [1.82, 2.24) is 9.80 Å². The number of halogens is 1. The quantitative estimate of drug-likeness (QED) is 0.337. The van der Waals surface area contributed by atoms with E-state index in [9.17, 15) is 9.59 Å². The summed E-state index contributed by atoms with van der Waals surface area (Å²) >= 11 is 3.23. The molecule has 0 aliphatic rings. The van der Waals surface area contributed by atoms with E-state index < -0.39 is 6.03 Å². The van der Waals surface area contributed by atoms with Crippen LogP contribution < -0.4 is 0 Å². The average molecular weight is 278 g/mol. The summed E-state index contributed by atoms with van der Waals surface area (Å²) in [7, 11) is 3.58. The van der Waals surface area contributed by atoms with Crippen LogP contribution in [-0.2, 0) is 4.79 Å². The molecule has 0 saturated heterocycles. The van der Waals surface area contributed by atoms with Crippen molar-refractivity contribution in [1.29, 1.82) is 0 Å². The number of imide groups is 1. The van der Waals surface area contributed by atoms with E-state index in [1.807, 2.05) is 0 Å². The van der Waals surface area contributed by atoms with Crippen LogP contribution >= 0.6 is 15.9 Å². The molecule has 0 bridgehead atoms. The maximum absolute atomic E-state index is 11.5. The molecule has 0 aromatic rings. The summed E-state index contributed by atoms with van der Waals surface area (Å²) in [5.41, 5.74) is 0. The molecule has 0 heterocycles. The SMILES string of the molecule is CC(=NC(=O)N(C=O)CCCBr)N(C)C. The lowest BCUT2D eigenvalue weighted by atomic mass is 10.4. The summed E-state index contributed by atoms with van der Waals surface area (Å²) in [6.45, 7) is 2.10. The fourth-order valence-corrected chi connectivity index (χ4v) is 0.977. The minimum absolute atomic E-state index is 0.387. The van der Waals surface area contributed by atoms with Gasteiger partial charge in [0.1, 0.15) is 5.84 Å². The molecule has 0 saturated carbocycles. The second-order valence-electron chi connectivity index (χ2n) is 3.18. The number of amides is 3. The van der Waals surface area contributed by atoms with E-state index in [4.69, 9.17) is 0 Å². The zero-order valence-corrected chi connectivity index (χ0v) is 10.8. The maximum atomic E-state index is 11.5. The predicted molar refractivity (Wildman–Crippen MR) is 63.4 cm³/mol. The van der Waals surface area contributed by atoms with Crippen LogP contribution in [0.1, 0.15) is 13.3 Å². The van der Waals surface area contributed by atoms with Gasteiger partial charge in [0.05, 0.1) is 0 Å². The van der Waals surface area contributed by atoms with Crippen molar-refractivity contribution < 1.29 is 9.59 Å². The highest BCUT2D eigenvalue weighted by atomic mass is 79.9. The molecular weight excluding hydrogens is 262 g/mol. The number of nitrogens with zero attached hydrogens (tertiary/aromatic N) is 3. The Kier molecular flexibility index (Phi) is 6.94. The normalized spacial score (nSPS) is 11.1. The van der Waals surface area contributed by atoms with Crippen LogP contribution in [0.2, 0.25) is 0 Å².